The molecule has 0 aliphatic carbocycles. The van der Waals surface area contributed by atoms with Gasteiger partial charge in [0, 0.05) is 25.5 Å². The lowest BCUT2D eigenvalue weighted by atomic mass is 10.3. The molecule has 0 bridgehead atoms. The number of aromatic nitrogens is 4. The van der Waals surface area contributed by atoms with Gasteiger partial charge in [-0.05, 0) is 38.5 Å². The van der Waals surface area contributed by atoms with E-state index in [1.807, 2.05) is 49.8 Å². The number of fused-ring (bicyclic) bond motifs is 2. The molecule has 6 nitrogen and oxygen atoms in total. The number of benzene rings is 1. The number of aryl methyl sites for hydroxylation is 4. The van der Waals surface area contributed by atoms with Crippen molar-refractivity contribution in [2.75, 3.05) is 6.54 Å². The summed E-state index contributed by atoms with van der Waals surface area (Å²) in [4.78, 5) is 18.8. The third kappa shape index (κ3) is 2.88. The van der Waals surface area contributed by atoms with Crippen LogP contribution >= 0.6 is 11.3 Å². The zero-order chi connectivity index (χ0) is 18.3. The normalized spacial score (nSPS) is 11.5. The number of hydrogen-bond acceptors (Lipinski definition) is 4. The van der Waals surface area contributed by atoms with Crippen LogP contribution in [-0.2, 0) is 13.6 Å². The number of rotatable bonds is 5. The minimum Gasteiger partial charge on any atom is -0.351 e. The zero-order valence-electron chi connectivity index (χ0n) is 15.1. The topological polar surface area (TPSA) is 64.7 Å². The molecule has 0 aliphatic heterocycles. The molecule has 0 fully saturated rings. The van der Waals surface area contributed by atoms with Crippen LogP contribution in [-0.4, -0.2) is 31.8 Å². The molecule has 3 heterocycles. The third-order valence-electron chi connectivity index (χ3n) is 4.61. The Morgan fingerprint density at radius 1 is 1.27 bits per heavy atom. The van der Waals surface area contributed by atoms with Crippen LogP contribution < -0.4 is 5.32 Å². The van der Waals surface area contributed by atoms with Gasteiger partial charge < -0.3 is 9.88 Å². The second-order valence-corrected chi connectivity index (χ2v) is 7.48. The summed E-state index contributed by atoms with van der Waals surface area (Å²) >= 11 is 1.49. The molecule has 1 N–H and O–H groups in total. The number of carbonyl (C=O) groups excluding carboxylic acids is 1. The van der Waals surface area contributed by atoms with Gasteiger partial charge in [0.25, 0.3) is 5.91 Å². The van der Waals surface area contributed by atoms with Gasteiger partial charge in [-0.25, -0.2) is 4.98 Å². The monoisotopic (exact) mass is 367 g/mol. The highest BCUT2D eigenvalue weighted by molar-refractivity contribution is 7.20. The Labute approximate surface area is 155 Å². The van der Waals surface area contributed by atoms with E-state index in [2.05, 4.69) is 26.0 Å². The first-order valence-corrected chi connectivity index (χ1v) is 9.49. The van der Waals surface area contributed by atoms with Crippen molar-refractivity contribution in [1.29, 1.82) is 0 Å². The van der Waals surface area contributed by atoms with Gasteiger partial charge in [0.15, 0.2) is 0 Å². The molecule has 0 atom stereocenters. The number of thiophene rings is 1. The number of amides is 1. The number of hydrogen-bond donors (Lipinski definition) is 1. The molecule has 1 amide bonds. The van der Waals surface area contributed by atoms with Gasteiger partial charge in [0.2, 0.25) is 0 Å². The van der Waals surface area contributed by atoms with Crippen LogP contribution in [0.1, 0.15) is 27.6 Å². The third-order valence-corrected chi connectivity index (χ3v) is 5.81. The second-order valence-electron chi connectivity index (χ2n) is 6.45. The largest absolute Gasteiger partial charge is 0.351 e. The quantitative estimate of drug-likeness (QED) is 0.550. The smallest absolute Gasteiger partial charge is 0.261 e. The first-order valence-electron chi connectivity index (χ1n) is 8.68. The van der Waals surface area contributed by atoms with Crippen LogP contribution in [0.5, 0.6) is 0 Å². The fraction of sp³-hybridized carbons (Fsp3) is 0.316. The van der Waals surface area contributed by atoms with Crippen molar-refractivity contribution < 1.29 is 4.79 Å². The molecule has 1 aromatic carbocycles. The van der Waals surface area contributed by atoms with Gasteiger partial charge in [-0.3, -0.25) is 9.48 Å². The summed E-state index contributed by atoms with van der Waals surface area (Å²) in [6.45, 7) is 5.46. The second kappa shape index (κ2) is 6.57. The first kappa shape index (κ1) is 16.8. The summed E-state index contributed by atoms with van der Waals surface area (Å²) in [5, 5.41) is 8.46. The van der Waals surface area contributed by atoms with Crippen LogP contribution in [0.2, 0.25) is 0 Å². The highest BCUT2D eigenvalue weighted by atomic mass is 32.1. The minimum atomic E-state index is -0.0159. The molecule has 26 heavy (non-hydrogen) atoms. The van der Waals surface area contributed by atoms with E-state index in [0.29, 0.717) is 6.54 Å². The average Bonchev–Trinajstić information content (AvgIpc) is 3.26. The standard InChI is InChI=1S/C19H21N5OS/c1-12-14-11-17(26-19(14)23(3)22-12)18(25)20-9-6-10-24-13(2)21-15-7-4-5-8-16(15)24/h4-5,7-8,11H,6,9-10H2,1-3H3,(H,20,25). The summed E-state index contributed by atoms with van der Waals surface area (Å²) in [6, 6.07) is 10.1. The minimum absolute atomic E-state index is 0.0159. The molecule has 7 heteroatoms. The lowest BCUT2D eigenvalue weighted by Crippen LogP contribution is -2.24. The van der Waals surface area contributed by atoms with Crippen molar-refractivity contribution in [3.8, 4) is 0 Å². The summed E-state index contributed by atoms with van der Waals surface area (Å²) in [5.41, 5.74) is 3.12. The van der Waals surface area contributed by atoms with E-state index in [4.69, 9.17) is 0 Å². The van der Waals surface area contributed by atoms with E-state index in [-0.39, 0.29) is 5.91 Å². The predicted octanol–water partition coefficient (Wildman–Crippen LogP) is 3.42. The van der Waals surface area contributed by atoms with Crippen LogP contribution in [0.25, 0.3) is 21.3 Å². The highest BCUT2D eigenvalue weighted by Crippen LogP contribution is 2.27. The summed E-state index contributed by atoms with van der Waals surface area (Å²) in [6.07, 6.45) is 0.860. The number of nitrogens with one attached hydrogen (secondary N) is 1. The molecule has 0 aliphatic rings. The van der Waals surface area contributed by atoms with E-state index < -0.39 is 0 Å². The molecule has 3 aromatic heterocycles. The molecular formula is C19H21N5OS. The highest BCUT2D eigenvalue weighted by Gasteiger charge is 2.14. The van der Waals surface area contributed by atoms with Gasteiger partial charge >= 0.3 is 0 Å². The van der Waals surface area contributed by atoms with Crippen LogP contribution in [0.4, 0.5) is 0 Å². The molecule has 4 rings (SSSR count). The van der Waals surface area contributed by atoms with Crippen LogP contribution in [0.15, 0.2) is 30.3 Å². The number of para-hydroxylation sites is 2. The maximum absolute atomic E-state index is 12.4. The maximum atomic E-state index is 12.4. The van der Waals surface area contributed by atoms with Gasteiger partial charge in [-0.15, -0.1) is 11.3 Å². The van der Waals surface area contributed by atoms with Crippen molar-refractivity contribution >= 4 is 38.5 Å². The Morgan fingerprint density at radius 2 is 2.08 bits per heavy atom. The Hall–Kier alpha value is -2.67. The van der Waals surface area contributed by atoms with E-state index in [0.717, 1.165) is 50.6 Å². The molecule has 4 aromatic rings. The fourth-order valence-electron chi connectivity index (χ4n) is 3.32. The fourth-order valence-corrected chi connectivity index (χ4v) is 4.36. The molecule has 0 saturated heterocycles. The molecule has 0 spiro atoms. The molecule has 0 unspecified atom stereocenters. The van der Waals surface area contributed by atoms with Crippen molar-refractivity contribution in [3.05, 3.63) is 46.7 Å². The number of imidazole rings is 1. The van der Waals surface area contributed by atoms with Gasteiger partial charge in [0.1, 0.15) is 10.7 Å². The summed E-state index contributed by atoms with van der Waals surface area (Å²) in [5.74, 6) is 0.989. The predicted molar refractivity (Wildman–Crippen MR) is 105 cm³/mol. The van der Waals surface area contributed by atoms with Gasteiger partial charge in [-0.1, -0.05) is 12.1 Å². The maximum Gasteiger partial charge on any atom is 0.261 e. The lowest BCUT2D eigenvalue weighted by Gasteiger charge is -2.07. The van der Waals surface area contributed by atoms with Crippen molar-refractivity contribution in [1.82, 2.24) is 24.6 Å². The molecule has 134 valence electrons. The summed E-state index contributed by atoms with van der Waals surface area (Å²) in [7, 11) is 1.91. The Kier molecular flexibility index (Phi) is 4.24. The number of carbonyl (C=O) groups is 1. The van der Waals surface area contributed by atoms with Crippen molar-refractivity contribution in [2.24, 2.45) is 7.05 Å². The van der Waals surface area contributed by atoms with Gasteiger partial charge in [0.05, 0.1) is 21.6 Å². The molecule has 0 radical (unpaired) electrons. The van der Waals surface area contributed by atoms with E-state index in [1.54, 1.807) is 0 Å². The molecular weight excluding hydrogens is 346 g/mol. The van der Waals surface area contributed by atoms with Crippen LogP contribution in [0.3, 0.4) is 0 Å². The van der Waals surface area contributed by atoms with Crippen LogP contribution in [0, 0.1) is 13.8 Å². The zero-order valence-corrected chi connectivity index (χ0v) is 15.9. The van der Waals surface area contributed by atoms with Crippen molar-refractivity contribution in [3.63, 3.8) is 0 Å². The number of nitrogens with zero attached hydrogens (tertiary/aromatic N) is 4. The average molecular weight is 367 g/mol. The van der Waals surface area contributed by atoms with E-state index in [1.165, 1.54) is 11.3 Å². The van der Waals surface area contributed by atoms with Crippen molar-refractivity contribution in [2.45, 2.75) is 26.8 Å². The van der Waals surface area contributed by atoms with Gasteiger partial charge in [-0.2, -0.15) is 5.10 Å². The van der Waals surface area contributed by atoms with E-state index >= 15 is 0 Å². The Balaban J connectivity index is 1.38. The SMILES string of the molecule is Cc1nn(C)c2sc(C(=O)NCCCn3c(C)nc4ccccc43)cc12. The van der Waals surface area contributed by atoms with E-state index in [9.17, 15) is 4.79 Å². The molecule has 0 saturated carbocycles. The lowest BCUT2D eigenvalue weighted by molar-refractivity contribution is 0.0957. The summed E-state index contributed by atoms with van der Waals surface area (Å²) < 4.78 is 4.04. The Morgan fingerprint density at radius 3 is 2.88 bits per heavy atom. The Bertz CT molecular complexity index is 1070. The first-order chi connectivity index (χ1) is 12.5.